The summed E-state index contributed by atoms with van der Waals surface area (Å²) < 4.78 is 0. The molecule has 0 unspecified atom stereocenters. The van der Waals surface area contributed by atoms with Crippen molar-refractivity contribution in [3.63, 3.8) is 0 Å². The van der Waals surface area contributed by atoms with Crippen molar-refractivity contribution in [3.05, 3.63) is 16.8 Å². The van der Waals surface area contributed by atoms with E-state index in [-0.39, 0.29) is 0 Å². The summed E-state index contributed by atoms with van der Waals surface area (Å²) in [4.78, 5) is 4.60. The Balaban J connectivity index is 2.40. The van der Waals surface area contributed by atoms with Gasteiger partial charge in [0.15, 0.2) is 5.65 Å². The van der Waals surface area contributed by atoms with Crippen molar-refractivity contribution < 1.29 is 0 Å². The predicted octanol–water partition coefficient (Wildman–Crippen LogP) is 1.27. The van der Waals surface area contributed by atoms with Gasteiger partial charge in [-0.15, -0.1) is 0 Å². The molecule has 1 aliphatic rings. The van der Waals surface area contributed by atoms with E-state index < -0.39 is 0 Å². The zero-order valence-corrected chi connectivity index (χ0v) is 9.46. The van der Waals surface area contributed by atoms with Gasteiger partial charge in [0.2, 0.25) is 0 Å². The second-order valence-electron chi connectivity index (χ2n) is 4.55. The van der Waals surface area contributed by atoms with Crippen molar-refractivity contribution in [2.24, 2.45) is 0 Å². The first-order chi connectivity index (χ1) is 7.68. The number of aromatic nitrogens is 3. The van der Waals surface area contributed by atoms with E-state index in [1.165, 1.54) is 11.1 Å². The summed E-state index contributed by atoms with van der Waals surface area (Å²) in [5.41, 5.74) is 10.3. The summed E-state index contributed by atoms with van der Waals surface area (Å²) in [7, 11) is 0. The number of nitrogen functional groups attached to an aromatic ring is 1. The lowest BCUT2D eigenvalue weighted by Gasteiger charge is -2.10. The number of rotatable bonds is 1. The van der Waals surface area contributed by atoms with Gasteiger partial charge in [-0.05, 0) is 17.0 Å². The first-order valence-electron chi connectivity index (χ1n) is 5.54. The number of pyridine rings is 1. The molecule has 5 nitrogen and oxygen atoms in total. The maximum atomic E-state index is 5.89. The number of hydrogen-bond donors (Lipinski definition) is 3. The number of hydrogen-bond acceptors (Lipinski definition) is 4. The SMILES string of the molecule is CC(C)c1nc2n[nH]c(N)c2c2c1CNC2. The first-order valence-corrected chi connectivity index (χ1v) is 5.54. The van der Waals surface area contributed by atoms with Crippen LogP contribution in [0.4, 0.5) is 5.82 Å². The molecule has 2 aromatic heterocycles. The molecular formula is C11H15N5. The largest absolute Gasteiger partial charge is 0.384 e. The fourth-order valence-electron chi connectivity index (χ4n) is 2.39. The van der Waals surface area contributed by atoms with Crippen LogP contribution in [0.5, 0.6) is 0 Å². The molecule has 0 aromatic carbocycles. The molecule has 0 bridgehead atoms. The second kappa shape index (κ2) is 3.18. The summed E-state index contributed by atoms with van der Waals surface area (Å²) in [5, 5.41) is 11.3. The Morgan fingerprint density at radius 2 is 2.00 bits per heavy atom. The molecule has 2 aromatic rings. The number of nitrogens with one attached hydrogen (secondary N) is 2. The molecular weight excluding hydrogens is 202 g/mol. The summed E-state index contributed by atoms with van der Waals surface area (Å²) in [6, 6.07) is 0. The van der Waals surface area contributed by atoms with Gasteiger partial charge in [-0.1, -0.05) is 13.8 Å². The number of H-pyrrole nitrogens is 1. The minimum absolute atomic E-state index is 0.413. The number of fused-ring (bicyclic) bond motifs is 3. The molecule has 0 saturated carbocycles. The van der Waals surface area contributed by atoms with Crippen LogP contribution in [-0.2, 0) is 13.1 Å². The maximum absolute atomic E-state index is 5.89. The van der Waals surface area contributed by atoms with Crippen molar-refractivity contribution >= 4 is 16.9 Å². The number of nitrogens with two attached hydrogens (primary N) is 1. The van der Waals surface area contributed by atoms with E-state index >= 15 is 0 Å². The van der Waals surface area contributed by atoms with Crippen LogP contribution in [0.1, 0.15) is 36.6 Å². The van der Waals surface area contributed by atoms with E-state index in [0.29, 0.717) is 11.7 Å². The molecule has 0 spiro atoms. The average Bonchev–Trinajstić information content (AvgIpc) is 2.82. The van der Waals surface area contributed by atoms with Crippen molar-refractivity contribution in [1.29, 1.82) is 0 Å². The normalized spacial score (nSPS) is 14.9. The standard InChI is InChI=1S/C11H15N5/c1-5(2)9-7-4-13-3-6(7)8-10(12)15-16-11(8)14-9/h5,13H,3-4H2,1-2H3,(H3,12,14,15,16). The van der Waals surface area contributed by atoms with Crippen LogP contribution in [0, 0.1) is 0 Å². The van der Waals surface area contributed by atoms with Crippen LogP contribution in [0.3, 0.4) is 0 Å². The fourth-order valence-corrected chi connectivity index (χ4v) is 2.39. The van der Waals surface area contributed by atoms with Crippen molar-refractivity contribution in [1.82, 2.24) is 20.5 Å². The lowest BCUT2D eigenvalue weighted by atomic mass is 9.99. The van der Waals surface area contributed by atoms with E-state index in [4.69, 9.17) is 5.73 Å². The summed E-state index contributed by atoms with van der Waals surface area (Å²) >= 11 is 0. The van der Waals surface area contributed by atoms with Gasteiger partial charge in [-0.2, -0.15) is 5.10 Å². The topological polar surface area (TPSA) is 79.6 Å². The van der Waals surface area contributed by atoms with Crippen molar-refractivity contribution in [3.8, 4) is 0 Å². The van der Waals surface area contributed by atoms with E-state index in [1.54, 1.807) is 0 Å². The molecule has 5 heteroatoms. The molecule has 0 amide bonds. The maximum Gasteiger partial charge on any atom is 0.183 e. The van der Waals surface area contributed by atoms with Gasteiger partial charge in [0.05, 0.1) is 11.1 Å². The Bertz CT molecular complexity index is 555. The van der Waals surface area contributed by atoms with Crippen LogP contribution in [-0.4, -0.2) is 15.2 Å². The molecule has 16 heavy (non-hydrogen) atoms. The van der Waals surface area contributed by atoms with Crippen LogP contribution in [0.25, 0.3) is 11.0 Å². The van der Waals surface area contributed by atoms with E-state index in [1.807, 2.05) is 0 Å². The molecule has 1 aliphatic heterocycles. The summed E-state index contributed by atoms with van der Waals surface area (Å²) in [6.45, 7) is 6.06. The van der Waals surface area contributed by atoms with Gasteiger partial charge in [-0.25, -0.2) is 4.98 Å². The molecule has 0 fully saturated rings. The Morgan fingerprint density at radius 3 is 2.75 bits per heavy atom. The van der Waals surface area contributed by atoms with Gasteiger partial charge >= 0.3 is 0 Å². The van der Waals surface area contributed by atoms with E-state index in [2.05, 4.69) is 34.3 Å². The molecule has 4 N–H and O–H groups in total. The molecule has 0 radical (unpaired) electrons. The quantitative estimate of drug-likeness (QED) is 0.672. The Morgan fingerprint density at radius 1 is 1.25 bits per heavy atom. The highest BCUT2D eigenvalue weighted by molar-refractivity contribution is 5.90. The van der Waals surface area contributed by atoms with Gasteiger partial charge in [0, 0.05) is 13.1 Å². The second-order valence-corrected chi connectivity index (χ2v) is 4.55. The van der Waals surface area contributed by atoms with Gasteiger partial charge in [0.1, 0.15) is 5.82 Å². The lowest BCUT2D eigenvalue weighted by molar-refractivity contribution is 0.747. The highest BCUT2D eigenvalue weighted by Gasteiger charge is 2.23. The molecule has 84 valence electrons. The van der Waals surface area contributed by atoms with Gasteiger partial charge < -0.3 is 11.1 Å². The molecule has 3 heterocycles. The highest BCUT2D eigenvalue weighted by atomic mass is 15.2. The van der Waals surface area contributed by atoms with Crippen LogP contribution >= 0.6 is 0 Å². The number of anilines is 1. The molecule has 3 rings (SSSR count). The summed E-state index contributed by atoms with van der Waals surface area (Å²) in [5.74, 6) is 1.04. The third-order valence-corrected chi connectivity index (χ3v) is 3.13. The Hall–Kier alpha value is -1.62. The van der Waals surface area contributed by atoms with Crippen LogP contribution < -0.4 is 11.1 Å². The molecule has 0 aliphatic carbocycles. The number of aromatic amines is 1. The van der Waals surface area contributed by atoms with Crippen LogP contribution in [0.2, 0.25) is 0 Å². The zero-order chi connectivity index (χ0) is 11.3. The fraction of sp³-hybridized carbons (Fsp3) is 0.455. The monoisotopic (exact) mass is 217 g/mol. The smallest absolute Gasteiger partial charge is 0.183 e. The molecule has 0 atom stereocenters. The first kappa shape index (κ1) is 9.59. The third-order valence-electron chi connectivity index (χ3n) is 3.13. The number of nitrogens with zero attached hydrogens (tertiary/aromatic N) is 2. The summed E-state index contributed by atoms with van der Waals surface area (Å²) in [6.07, 6.45) is 0. The van der Waals surface area contributed by atoms with E-state index in [9.17, 15) is 0 Å². The minimum atomic E-state index is 0.413. The van der Waals surface area contributed by atoms with Crippen molar-refractivity contribution in [2.45, 2.75) is 32.9 Å². The zero-order valence-electron chi connectivity index (χ0n) is 9.46. The third kappa shape index (κ3) is 1.15. The van der Waals surface area contributed by atoms with E-state index in [0.717, 1.165) is 29.8 Å². The predicted molar refractivity (Wildman–Crippen MR) is 62.9 cm³/mol. The van der Waals surface area contributed by atoms with Gasteiger partial charge in [0.25, 0.3) is 0 Å². The Labute approximate surface area is 93.4 Å². The minimum Gasteiger partial charge on any atom is -0.384 e. The lowest BCUT2D eigenvalue weighted by Crippen LogP contribution is -2.03. The van der Waals surface area contributed by atoms with Crippen LogP contribution in [0.15, 0.2) is 0 Å². The van der Waals surface area contributed by atoms with Crippen molar-refractivity contribution in [2.75, 3.05) is 5.73 Å². The Kier molecular flexibility index (Phi) is 1.91. The van der Waals surface area contributed by atoms with Gasteiger partial charge in [-0.3, -0.25) is 5.10 Å². The average molecular weight is 217 g/mol. The highest BCUT2D eigenvalue weighted by Crippen LogP contribution is 2.32. The molecule has 0 saturated heterocycles.